The summed E-state index contributed by atoms with van der Waals surface area (Å²) < 4.78 is 19.2. The average molecular weight is 577 g/mol. The van der Waals surface area contributed by atoms with Gasteiger partial charge in [0, 0.05) is 22.2 Å². The number of thiazole rings is 1. The number of aromatic nitrogens is 1. The molecule has 9 heteroatoms. The van der Waals surface area contributed by atoms with E-state index in [0.717, 1.165) is 17.5 Å². The van der Waals surface area contributed by atoms with Crippen LogP contribution in [0.25, 0.3) is 17.4 Å². The van der Waals surface area contributed by atoms with Crippen molar-refractivity contribution < 1.29 is 18.7 Å². The van der Waals surface area contributed by atoms with Crippen molar-refractivity contribution in [1.29, 1.82) is 0 Å². The molecule has 0 N–H and O–H groups in total. The molecule has 0 amide bonds. The van der Waals surface area contributed by atoms with Crippen LogP contribution in [0.2, 0.25) is 5.02 Å². The lowest BCUT2D eigenvalue weighted by molar-refractivity contribution is -0.139. The van der Waals surface area contributed by atoms with Crippen LogP contribution >= 0.6 is 22.9 Å². The summed E-state index contributed by atoms with van der Waals surface area (Å²) in [4.78, 5) is 32.6. The number of benzene rings is 2. The van der Waals surface area contributed by atoms with Gasteiger partial charge in [0.1, 0.15) is 23.3 Å². The molecule has 1 aliphatic rings. The van der Waals surface area contributed by atoms with E-state index in [-0.39, 0.29) is 12.2 Å². The molecule has 1 atom stereocenters. The van der Waals surface area contributed by atoms with Crippen molar-refractivity contribution in [2.75, 3.05) is 13.7 Å². The summed E-state index contributed by atoms with van der Waals surface area (Å²) in [6, 6.07) is 15.9. The molecule has 0 saturated heterocycles. The first-order valence-corrected chi connectivity index (χ1v) is 14.3. The van der Waals surface area contributed by atoms with Crippen LogP contribution in [0.1, 0.15) is 49.6 Å². The van der Waals surface area contributed by atoms with Gasteiger partial charge in [-0.05, 0) is 56.2 Å². The number of fused-ring (bicyclic) bond motifs is 1. The van der Waals surface area contributed by atoms with Crippen LogP contribution in [0.3, 0.4) is 0 Å². The molecule has 0 saturated carbocycles. The van der Waals surface area contributed by atoms with Gasteiger partial charge >= 0.3 is 5.97 Å². The first-order valence-electron chi connectivity index (χ1n) is 13.1. The number of furan rings is 1. The Bertz CT molecular complexity index is 1800. The number of nitrogens with zero attached hydrogens (tertiary/aromatic N) is 2. The van der Waals surface area contributed by atoms with Gasteiger partial charge in [0.15, 0.2) is 4.80 Å². The lowest BCUT2D eigenvalue weighted by Crippen LogP contribution is -2.40. The Balaban J connectivity index is 1.70. The lowest BCUT2D eigenvalue weighted by Gasteiger charge is -2.26. The largest absolute Gasteiger partial charge is 0.496 e. The molecule has 1 unspecified atom stereocenters. The smallest absolute Gasteiger partial charge is 0.338 e. The minimum absolute atomic E-state index is 0.206. The van der Waals surface area contributed by atoms with E-state index in [2.05, 4.69) is 0 Å². The molecule has 2 aromatic heterocycles. The third-order valence-electron chi connectivity index (χ3n) is 6.69. The Kier molecular flexibility index (Phi) is 8.09. The first kappa shape index (κ1) is 27.7. The quantitative estimate of drug-likeness (QED) is 0.247. The van der Waals surface area contributed by atoms with E-state index < -0.39 is 12.0 Å². The van der Waals surface area contributed by atoms with Gasteiger partial charge in [-0.25, -0.2) is 9.79 Å². The number of methoxy groups -OCH3 is 1. The van der Waals surface area contributed by atoms with Crippen molar-refractivity contribution in [1.82, 2.24) is 4.57 Å². The van der Waals surface area contributed by atoms with Crippen molar-refractivity contribution in [3.05, 3.63) is 107 Å². The topological polar surface area (TPSA) is 83.0 Å². The zero-order valence-corrected chi connectivity index (χ0v) is 24.3. The molecule has 5 rings (SSSR count). The van der Waals surface area contributed by atoms with E-state index in [1.807, 2.05) is 68.4 Å². The number of hydrogen-bond donors (Lipinski definition) is 0. The van der Waals surface area contributed by atoms with E-state index in [1.165, 1.54) is 11.3 Å². The standard InChI is InChI=1S/C31H29ClN2O5S/c1-5-9-23-27(30(36)38-6-2)28(21-10-7-8-11-24(21)37-4)34-29(35)26(40-31(34)33-23)17-20-14-15-25(39-20)22-16-19(32)13-12-18(22)3/h7-8,10-17,28H,5-6,9H2,1-4H3/b26-17-. The molecule has 3 heterocycles. The predicted octanol–water partition coefficient (Wildman–Crippen LogP) is 5.81. The monoisotopic (exact) mass is 576 g/mol. The van der Waals surface area contributed by atoms with Gasteiger partial charge in [0.25, 0.3) is 5.56 Å². The van der Waals surface area contributed by atoms with Gasteiger partial charge in [-0.15, -0.1) is 0 Å². The fourth-order valence-corrected chi connectivity index (χ4v) is 6.04. The number of allylic oxidation sites excluding steroid dienone is 1. The van der Waals surface area contributed by atoms with Gasteiger partial charge in [-0.2, -0.15) is 0 Å². The van der Waals surface area contributed by atoms with Gasteiger partial charge in [-0.1, -0.05) is 60.5 Å². The highest BCUT2D eigenvalue weighted by Crippen LogP contribution is 2.37. The number of aryl methyl sites for hydroxylation is 1. The molecule has 206 valence electrons. The maximum atomic E-state index is 14.0. The Morgan fingerprint density at radius 1 is 1.18 bits per heavy atom. The second-order valence-electron chi connectivity index (χ2n) is 9.32. The van der Waals surface area contributed by atoms with E-state index in [9.17, 15) is 9.59 Å². The Labute approximate surface area is 240 Å². The van der Waals surface area contributed by atoms with Crippen molar-refractivity contribution in [2.45, 2.75) is 39.7 Å². The molecular weight excluding hydrogens is 548 g/mol. The van der Waals surface area contributed by atoms with Crippen molar-refractivity contribution in [3.8, 4) is 17.1 Å². The van der Waals surface area contributed by atoms with E-state index in [1.54, 1.807) is 24.7 Å². The van der Waals surface area contributed by atoms with Gasteiger partial charge in [0.2, 0.25) is 0 Å². The molecule has 2 aromatic carbocycles. The zero-order valence-electron chi connectivity index (χ0n) is 22.7. The molecule has 0 fully saturated rings. The Morgan fingerprint density at radius 3 is 2.73 bits per heavy atom. The van der Waals surface area contributed by atoms with Crippen LogP contribution in [-0.2, 0) is 9.53 Å². The normalized spacial score (nSPS) is 15.1. The number of esters is 1. The molecule has 0 bridgehead atoms. The highest BCUT2D eigenvalue weighted by molar-refractivity contribution is 7.07. The van der Waals surface area contributed by atoms with Crippen molar-refractivity contribution in [2.24, 2.45) is 4.99 Å². The summed E-state index contributed by atoms with van der Waals surface area (Å²) in [6.07, 6.45) is 3.04. The Morgan fingerprint density at radius 2 is 1.98 bits per heavy atom. The van der Waals surface area contributed by atoms with E-state index in [0.29, 0.717) is 54.9 Å². The second kappa shape index (κ2) is 11.7. The molecule has 4 aromatic rings. The summed E-state index contributed by atoms with van der Waals surface area (Å²) in [5.74, 6) is 1.24. The van der Waals surface area contributed by atoms with E-state index >= 15 is 0 Å². The first-order chi connectivity index (χ1) is 19.4. The van der Waals surface area contributed by atoms with Gasteiger partial charge in [-0.3, -0.25) is 9.36 Å². The summed E-state index contributed by atoms with van der Waals surface area (Å²) in [5.41, 5.74) is 3.27. The van der Waals surface area contributed by atoms with Crippen LogP contribution in [0.15, 0.2) is 80.1 Å². The maximum absolute atomic E-state index is 14.0. The molecule has 7 nitrogen and oxygen atoms in total. The highest BCUT2D eigenvalue weighted by Gasteiger charge is 2.35. The molecule has 0 radical (unpaired) electrons. The average Bonchev–Trinajstić information content (AvgIpc) is 3.53. The summed E-state index contributed by atoms with van der Waals surface area (Å²) in [5, 5.41) is 0.614. The fraction of sp³-hybridized carbons (Fsp3) is 0.258. The lowest BCUT2D eigenvalue weighted by atomic mass is 9.93. The summed E-state index contributed by atoms with van der Waals surface area (Å²) in [6.45, 7) is 5.97. The van der Waals surface area contributed by atoms with Crippen molar-refractivity contribution in [3.63, 3.8) is 0 Å². The van der Waals surface area contributed by atoms with Gasteiger partial charge in [0.05, 0.1) is 29.5 Å². The zero-order chi connectivity index (χ0) is 28.4. The van der Waals surface area contributed by atoms with Crippen LogP contribution in [0.5, 0.6) is 5.75 Å². The van der Waals surface area contributed by atoms with Crippen LogP contribution in [-0.4, -0.2) is 24.3 Å². The number of ether oxygens (including phenoxy) is 2. The van der Waals surface area contributed by atoms with Crippen LogP contribution in [0, 0.1) is 6.92 Å². The second-order valence-corrected chi connectivity index (χ2v) is 10.8. The minimum Gasteiger partial charge on any atom is -0.496 e. The SMILES string of the molecule is CCCC1=C(C(=O)OCC)C(c2ccccc2OC)n2c(s/c(=C\c3ccc(-c4cc(Cl)ccc4C)o3)c2=O)=N1. The molecule has 40 heavy (non-hydrogen) atoms. The van der Waals surface area contributed by atoms with Gasteiger partial charge < -0.3 is 13.9 Å². The number of para-hydroxylation sites is 1. The minimum atomic E-state index is -0.753. The highest BCUT2D eigenvalue weighted by atomic mass is 35.5. The molecular formula is C31H29ClN2O5S. The number of rotatable bonds is 8. The number of hydrogen-bond acceptors (Lipinski definition) is 7. The molecule has 1 aliphatic heterocycles. The van der Waals surface area contributed by atoms with Crippen molar-refractivity contribution >= 4 is 35.0 Å². The maximum Gasteiger partial charge on any atom is 0.338 e. The number of carbonyl (C=O) groups is 1. The van der Waals surface area contributed by atoms with E-state index in [4.69, 9.17) is 30.5 Å². The number of halogens is 1. The fourth-order valence-electron chi connectivity index (χ4n) is 4.87. The predicted molar refractivity (Wildman–Crippen MR) is 157 cm³/mol. The third kappa shape index (κ3) is 5.17. The molecule has 0 spiro atoms. The molecule has 0 aliphatic carbocycles. The van der Waals surface area contributed by atoms with Crippen LogP contribution < -0.4 is 19.6 Å². The third-order valence-corrected chi connectivity index (χ3v) is 7.91. The Hall–Kier alpha value is -3.88. The summed E-state index contributed by atoms with van der Waals surface area (Å²) >= 11 is 7.46. The number of carbonyl (C=O) groups excluding carboxylic acids is 1. The summed E-state index contributed by atoms with van der Waals surface area (Å²) in [7, 11) is 1.57. The van der Waals surface area contributed by atoms with Crippen LogP contribution in [0.4, 0.5) is 0 Å².